The lowest BCUT2D eigenvalue weighted by Gasteiger charge is -2.00. The SMILES string of the molecule is CCCCC(=O)SCCNC(C)=O. The maximum absolute atomic E-state index is 11.1. The van der Waals surface area contributed by atoms with Crippen LogP contribution in [-0.4, -0.2) is 23.3 Å². The molecule has 0 unspecified atom stereocenters. The summed E-state index contributed by atoms with van der Waals surface area (Å²) in [5.41, 5.74) is 0. The zero-order valence-corrected chi connectivity index (χ0v) is 9.08. The molecule has 0 saturated carbocycles. The van der Waals surface area contributed by atoms with Gasteiger partial charge in [0.1, 0.15) is 0 Å². The third-order valence-electron chi connectivity index (χ3n) is 1.47. The molecular weight excluding hydrogens is 186 g/mol. The van der Waals surface area contributed by atoms with Crippen LogP contribution in [0.25, 0.3) is 0 Å². The summed E-state index contributed by atoms with van der Waals surface area (Å²) in [5, 5.41) is 2.87. The topological polar surface area (TPSA) is 46.2 Å². The second-order valence-corrected chi connectivity index (χ2v) is 3.96. The molecule has 0 aliphatic carbocycles. The Morgan fingerprint density at radius 3 is 2.62 bits per heavy atom. The van der Waals surface area contributed by atoms with E-state index in [1.807, 2.05) is 0 Å². The smallest absolute Gasteiger partial charge is 0.216 e. The Morgan fingerprint density at radius 1 is 1.38 bits per heavy atom. The van der Waals surface area contributed by atoms with Crippen molar-refractivity contribution in [1.29, 1.82) is 0 Å². The first-order chi connectivity index (χ1) is 6.16. The molecule has 76 valence electrons. The van der Waals surface area contributed by atoms with Crippen LogP contribution in [0.3, 0.4) is 0 Å². The van der Waals surface area contributed by atoms with Gasteiger partial charge < -0.3 is 5.32 Å². The minimum atomic E-state index is -0.0402. The summed E-state index contributed by atoms with van der Waals surface area (Å²) in [6, 6.07) is 0. The molecule has 0 aromatic carbocycles. The van der Waals surface area contributed by atoms with E-state index in [-0.39, 0.29) is 11.0 Å². The molecule has 13 heavy (non-hydrogen) atoms. The summed E-state index contributed by atoms with van der Waals surface area (Å²) < 4.78 is 0. The number of unbranched alkanes of at least 4 members (excludes halogenated alkanes) is 1. The lowest BCUT2D eigenvalue weighted by atomic mass is 10.3. The third-order valence-corrected chi connectivity index (χ3v) is 2.41. The van der Waals surface area contributed by atoms with E-state index in [0.29, 0.717) is 18.7 Å². The van der Waals surface area contributed by atoms with Gasteiger partial charge >= 0.3 is 0 Å². The van der Waals surface area contributed by atoms with Gasteiger partial charge in [-0.1, -0.05) is 25.1 Å². The predicted molar refractivity (Wildman–Crippen MR) is 55.7 cm³/mol. The van der Waals surface area contributed by atoms with Crippen molar-refractivity contribution in [2.45, 2.75) is 33.1 Å². The molecule has 1 N–H and O–H groups in total. The molecule has 0 fully saturated rings. The number of thioether (sulfide) groups is 1. The number of carbonyl (C=O) groups is 2. The van der Waals surface area contributed by atoms with Crippen LogP contribution in [0.5, 0.6) is 0 Å². The van der Waals surface area contributed by atoms with Crippen molar-refractivity contribution >= 4 is 22.8 Å². The first-order valence-electron chi connectivity index (χ1n) is 4.57. The molecule has 0 aromatic heterocycles. The minimum absolute atomic E-state index is 0.0402. The van der Waals surface area contributed by atoms with Gasteiger partial charge in [0.25, 0.3) is 0 Å². The van der Waals surface area contributed by atoms with Crippen molar-refractivity contribution in [1.82, 2.24) is 5.32 Å². The number of hydrogen-bond donors (Lipinski definition) is 1. The summed E-state index contributed by atoms with van der Waals surface area (Å²) in [6.45, 7) is 4.12. The maximum Gasteiger partial charge on any atom is 0.216 e. The molecule has 0 rings (SSSR count). The van der Waals surface area contributed by atoms with Crippen LogP contribution >= 0.6 is 11.8 Å². The van der Waals surface area contributed by atoms with E-state index in [4.69, 9.17) is 0 Å². The Bertz CT molecular complexity index is 171. The molecular formula is C9H17NO2S. The average molecular weight is 203 g/mol. The van der Waals surface area contributed by atoms with Gasteiger partial charge in [-0.15, -0.1) is 0 Å². The Balaban J connectivity index is 3.22. The summed E-state index contributed by atoms with van der Waals surface area (Å²) >= 11 is 1.30. The van der Waals surface area contributed by atoms with Gasteiger partial charge in [-0.2, -0.15) is 0 Å². The molecule has 0 aromatic rings. The molecule has 3 nitrogen and oxygen atoms in total. The highest BCUT2D eigenvalue weighted by molar-refractivity contribution is 8.13. The van der Waals surface area contributed by atoms with Gasteiger partial charge in [-0.25, -0.2) is 0 Å². The van der Waals surface area contributed by atoms with Crippen LogP contribution in [-0.2, 0) is 9.59 Å². The van der Waals surface area contributed by atoms with Crippen molar-refractivity contribution < 1.29 is 9.59 Å². The Hall–Kier alpha value is -0.510. The summed E-state index contributed by atoms with van der Waals surface area (Å²) in [4.78, 5) is 21.6. The number of rotatable bonds is 6. The van der Waals surface area contributed by atoms with Crippen LogP contribution in [0.15, 0.2) is 0 Å². The fraction of sp³-hybridized carbons (Fsp3) is 0.778. The van der Waals surface area contributed by atoms with Gasteiger partial charge in [0.2, 0.25) is 5.91 Å². The van der Waals surface area contributed by atoms with Crippen molar-refractivity contribution in [2.75, 3.05) is 12.3 Å². The Kier molecular flexibility index (Phi) is 7.79. The Morgan fingerprint density at radius 2 is 2.08 bits per heavy atom. The van der Waals surface area contributed by atoms with Gasteiger partial charge in [0.05, 0.1) is 0 Å². The van der Waals surface area contributed by atoms with E-state index in [2.05, 4.69) is 12.2 Å². The van der Waals surface area contributed by atoms with Crippen LogP contribution in [0, 0.1) is 0 Å². The molecule has 0 radical (unpaired) electrons. The highest BCUT2D eigenvalue weighted by Crippen LogP contribution is 2.07. The van der Waals surface area contributed by atoms with Gasteiger partial charge in [-0.3, -0.25) is 9.59 Å². The standard InChI is InChI=1S/C9H17NO2S/c1-3-4-5-9(12)13-7-6-10-8(2)11/h3-7H2,1-2H3,(H,10,11). The molecule has 0 heterocycles. The van der Waals surface area contributed by atoms with E-state index in [1.165, 1.54) is 18.7 Å². The third kappa shape index (κ3) is 9.40. The molecule has 0 bridgehead atoms. The Labute approximate surface area is 83.7 Å². The molecule has 0 atom stereocenters. The zero-order valence-electron chi connectivity index (χ0n) is 8.26. The van der Waals surface area contributed by atoms with E-state index in [1.54, 1.807) is 0 Å². The molecule has 0 saturated heterocycles. The monoisotopic (exact) mass is 203 g/mol. The lowest BCUT2D eigenvalue weighted by molar-refractivity contribution is -0.118. The highest BCUT2D eigenvalue weighted by atomic mass is 32.2. The molecule has 4 heteroatoms. The van der Waals surface area contributed by atoms with Crippen molar-refractivity contribution in [3.63, 3.8) is 0 Å². The second kappa shape index (κ2) is 8.10. The lowest BCUT2D eigenvalue weighted by Crippen LogP contribution is -2.22. The van der Waals surface area contributed by atoms with Gasteiger partial charge in [0.15, 0.2) is 5.12 Å². The molecule has 1 amide bonds. The average Bonchev–Trinajstić information content (AvgIpc) is 2.08. The number of hydrogen-bond acceptors (Lipinski definition) is 3. The normalized spacial score (nSPS) is 9.69. The van der Waals surface area contributed by atoms with E-state index < -0.39 is 0 Å². The van der Waals surface area contributed by atoms with E-state index >= 15 is 0 Å². The quantitative estimate of drug-likeness (QED) is 0.667. The van der Waals surface area contributed by atoms with Gasteiger partial charge in [-0.05, 0) is 6.42 Å². The van der Waals surface area contributed by atoms with E-state index in [0.717, 1.165) is 12.8 Å². The van der Waals surface area contributed by atoms with Crippen LogP contribution in [0.4, 0.5) is 0 Å². The van der Waals surface area contributed by atoms with Crippen molar-refractivity contribution in [2.24, 2.45) is 0 Å². The predicted octanol–water partition coefficient (Wildman–Crippen LogP) is 1.57. The van der Waals surface area contributed by atoms with Gasteiger partial charge in [0, 0.05) is 25.6 Å². The summed E-state index contributed by atoms with van der Waals surface area (Å²) in [5.74, 6) is 0.642. The molecule has 0 aliphatic rings. The number of amides is 1. The van der Waals surface area contributed by atoms with Crippen LogP contribution in [0.2, 0.25) is 0 Å². The fourth-order valence-electron chi connectivity index (χ4n) is 0.785. The van der Waals surface area contributed by atoms with Crippen LogP contribution in [0.1, 0.15) is 33.1 Å². The molecule has 0 aliphatic heterocycles. The van der Waals surface area contributed by atoms with E-state index in [9.17, 15) is 9.59 Å². The molecule has 0 spiro atoms. The minimum Gasteiger partial charge on any atom is -0.356 e. The largest absolute Gasteiger partial charge is 0.356 e. The summed E-state index contributed by atoms with van der Waals surface area (Å²) in [7, 11) is 0. The maximum atomic E-state index is 11.1. The van der Waals surface area contributed by atoms with Crippen LogP contribution < -0.4 is 5.32 Å². The van der Waals surface area contributed by atoms with Crippen molar-refractivity contribution in [3.05, 3.63) is 0 Å². The number of carbonyl (C=O) groups excluding carboxylic acids is 2. The zero-order chi connectivity index (χ0) is 10.1. The second-order valence-electron chi connectivity index (χ2n) is 2.81. The first-order valence-corrected chi connectivity index (χ1v) is 5.55. The fourth-order valence-corrected chi connectivity index (χ4v) is 1.51. The first kappa shape index (κ1) is 12.5. The highest BCUT2D eigenvalue weighted by Gasteiger charge is 2.01. The number of nitrogens with one attached hydrogen (secondary N) is 1. The van der Waals surface area contributed by atoms with Crippen molar-refractivity contribution in [3.8, 4) is 0 Å². The summed E-state index contributed by atoms with van der Waals surface area (Å²) in [6.07, 6.45) is 2.67.